The SMILES string of the molecule is CC1(B(O)O)C=CC=CC1. The summed E-state index contributed by atoms with van der Waals surface area (Å²) in [5.74, 6) is 0. The predicted molar refractivity (Wildman–Crippen MR) is 41.5 cm³/mol. The molecule has 10 heavy (non-hydrogen) atoms. The number of hydrogen-bond acceptors (Lipinski definition) is 2. The Morgan fingerprint density at radius 1 is 1.40 bits per heavy atom. The Hall–Kier alpha value is -0.535. The first-order chi connectivity index (χ1) is 4.65. The summed E-state index contributed by atoms with van der Waals surface area (Å²) >= 11 is 0. The summed E-state index contributed by atoms with van der Waals surface area (Å²) in [7, 11) is -1.26. The molecule has 2 N–H and O–H groups in total. The second-order valence-electron chi connectivity index (χ2n) is 2.87. The zero-order valence-electron chi connectivity index (χ0n) is 5.99. The Labute approximate surface area is 61.0 Å². The lowest BCUT2D eigenvalue weighted by Gasteiger charge is -2.24. The molecule has 1 unspecified atom stereocenters. The standard InChI is InChI=1S/C7H11BO2/c1-7(8(9)10)5-3-2-4-6-7/h2-5,9-10H,6H2,1H3. The Morgan fingerprint density at radius 3 is 2.40 bits per heavy atom. The van der Waals surface area contributed by atoms with Gasteiger partial charge in [-0.1, -0.05) is 31.2 Å². The van der Waals surface area contributed by atoms with E-state index in [0.29, 0.717) is 6.42 Å². The molecule has 0 aromatic heterocycles. The summed E-state index contributed by atoms with van der Waals surface area (Å²) in [6.45, 7) is 1.82. The smallest absolute Gasteiger partial charge is 0.426 e. The van der Waals surface area contributed by atoms with E-state index in [9.17, 15) is 0 Å². The first kappa shape index (κ1) is 7.57. The van der Waals surface area contributed by atoms with Crippen molar-refractivity contribution >= 4 is 7.12 Å². The highest BCUT2D eigenvalue weighted by Gasteiger charge is 2.34. The van der Waals surface area contributed by atoms with Crippen molar-refractivity contribution < 1.29 is 10.0 Å². The minimum atomic E-state index is -1.26. The van der Waals surface area contributed by atoms with Crippen LogP contribution in [-0.4, -0.2) is 17.2 Å². The van der Waals surface area contributed by atoms with Gasteiger partial charge in [0, 0.05) is 5.31 Å². The topological polar surface area (TPSA) is 40.5 Å². The van der Waals surface area contributed by atoms with E-state index >= 15 is 0 Å². The van der Waals surface area contributed by atoms with Crippen LogP contribution >= 0.6 is 0 Å². The van der Waals surface area contributed by atoms with Crippen molar-refractivity contribution in [3.8, 4) is 0 Å². The maximum Gasteiger partial charge on any atom is 0.462 e. The molecular weight excluding hydrogens is 127 g/mol. The summed E-state index contributed by atoms with van der Waals surface area (Å²) in [4.78, 5) is 0. The third-order valence-electron chi connectivity index (χ3n) is 1.87. The van der Waals surface area contributed by atoms with E-state index in [4.69, 9.17) is 10.0 Å². The Kier molecular flexibility index (Phi) is 1.97. The Morgan fingerprint density at radius 2 is 2.10 bits per heavy atom. The van der Waals surface area contributed by atoms with E-state index in [1.165, 1.54) is 0 Å². The van der Waals surface area contributed by atoms with Gasteiger partial charge in [0.25, 0.3) is 0 Å². The fourth-order valence-electron chi connectivity index (χ4n) is 0.935. The van der Waals surface area contributed by atoms with Gasteiger partial charge in [-0.15, -0.1) is 0 Å². The molecule has 3 heteroatoms. The van der Waals surface area contributed by atoms with Crippen molar-refractivity contribution in [2.24, 2.45) is 0 Å². The summed E-state index contributed by atoms with van der Waals surface area (Å²) in [6.07, 6.45) is 8.19. The summed E-state index contributed by atoms with van der Waals surface area (Å²) in [5.41, 5.74) is 0. The average molecular weight is 138 g/mol. The van der Waals surface area contributed by atoms with Crippen LogP contribution in [0.1, 0.15) is 13.3 Å². The van der Waals surface area contributed by atoms with Gasteiger partial charge >= 0.3 is 7.12 Å². The number of allylic oxidation sites excluding steroid dienone is 4. The zero-order valence-corrected chi connectivity index (χ0v) is 5.99. The van der Waals surface area contributed by atoms with Gasteiger partial charge in [0.2, 0.25) is 0 Å². The molecular formula is C7H11BO2. The van der Waals surface area contributed by atoms with Gasteiger partial charge in [-0.25, -0.2) is 0 Å². The summed E-state index contributed by atoms with van der Waals surface area (Å²) in [5, 5.41) is 17.3. The third kappa shape index (κ3) is 1.30. The molecule has 2 nitrogen and oxygen atoms in total. The van der Waals surface area contributed by atoms with Gasteiger partial charge in [-0.05, 0) is 6.42 Å². The normalized spacial score (nSPS) is 30.7. The lowest BCUT2D eigenvalue weighted by Crippen LogP contribution is -2.29. The van der Waals surface area contributed by atoms with E-state index < -0.39 is 12.4 Å². The molecule has 0 fully saturated rings. The lowest BCUT2D eigenvalue weighted by molar-refractivity contribution is 0.365. The minimum Gasteiger partial charge on any atom is -0.426 e. The van der Waals surface area contributed by atoms with Crippen LogP contribution in [0.15, 0.2) is 24.3 Å². The summed E-state index contributed by atoms with van der Waals surface area (Å²) < 4.78 is 0. The molecule has 1 atom stereocenters. The van der Waals surface area contributed by atoms with Gasteiger partial charge in [-0.3, -0.25) is 0 Å². The fraction of sp³-hybridized carbons (Fsp3) is 0.429. The van der Waals surface area contributed by atoms with Crippen LogP contribution in [0.5, 0.6) is 0 Å². The average Bonchev–Trinajstić information content (AvgIpc) is 1.89. The first-order valence-corrected chi connectivity index (χ1v) is 3.36. The van der Waals surface area contributed by atoms with Crippen LogP contribution in [0, 0.1) is 0 Å². The molecule has 0 heterocycles. The quantitative estimate of drug-likeness (QED) is 0.524. The van der Waals surface area contributed by atoms with Crippen molar-refractivity contribution in [1.82, 2.24) is 0 Å². The van der Waals surface area contributed by atoms with Crippen LogP contribution in [0.4, 0.5) is 0 Å². The molecule has 0 aromatic rings. The van der Waals surface area contributed by atoms with Crippen LogP contribution in [-0.2, 0) is 0 Å². The fourth-order valence-corrected chi connectivity index (χ4v) is 0.935. The molecule has 0 radical (unpaired) electrons. The summed E-state index contributed by atoms with van der Waals surface area (Å²) in [6, 6.07) is 0. The molecule has 54 valence electrons. The molecule has 0 amide bonds. The van der Waals surface area contributed by atoms with E-state index in [-0.39, 0.29) is 0 Å². The largest absolute Gasteiger partial charge is 0.462 e. The van der Waals surface area contributed by atoms with E-state index in [2.05, 4.69) is 0 Å². The Balaban J connectivity index is 2.70. The molecule has 1 aliphatic rings. The van der Waals surface area contributed by atoms with E-state index in [1.54, 1.807) is 0 Å². The molecule has 0 saturated carbocycles. The van der Waals surface area contributed by atoms with Gasteiger partial charge in [0.1, 0.15) is 0 Å². The van der Waals surface area contributed by atoms with Crippen molar-refractivity contribution in [3.63, 3.8) is 0 Å². The molecule has 0 aromatic carbocycles. The highest BCUT2D eigenvalue weighted by atomic mass is 16.4. The lowest BCUT2D eigenvalue weighted by atomic mass is 9.56. The van der Waals surface area contributed by atoms with Crippen molar-refractivity contribution in [2.45, 2.75) is 18.7 Å². The first-order valence-electron chi connectivity index (χ1n) is 3.36. The van der Waals surface area contributed by atoms with Crippen LogP contribution in [0.3, 0.4) is 0 Å². The third-order valence-corrected chi connectivity index (χ3v) is 1.87. The minimum absolute atomic E-state index is 0.477. The van der Waals surface area contributed by atoms with Gasteiger partial charge in [0.05, 0.1) is 0 Å². The van der Waals surface area contributed by atoms with Crippen molar-refractivity contribution in [2.75, 3.05) is 0 Å². The maximum atomic E-state index is 8.91. The predicted octanol–water partition coefficient (Wildman–Crippen LogP) is 0.736. The van der Waals surface area contributed by atoms with Crippen LogP contribution < -0.4 is 0 Å². The second-order valence-corrected chi connectivity index (χ2v) is 2.87. The van der Waals surface area contributed by atoms with E-state index in [1.807, 2.05) is 31.2 Å². The van der Waals surface area contributed by atoms with Crippen LogP contribution in [0.2, 0.25) is 5.31 Å². The molecule has 0 bridgehead atoms. The van der Waals surface area contributed by atoms with Gasteiger partial charge < -0.3 is 10.0 Å². The number of rotatable bonds is 1. The van der Waals surface area contributed by atoms with Crippen molar-refractivity contribution in [3.05, 3.63) is 24.3 Å². The molecule has 1 rings (SSSR count). The molecule has 0 spiro atoms. The molecule has 0 aliphatic heterocycles. The second kappa shape index (κ2) is 2.60. The monoisotopic (exact) mass is 138 g/mol. The molecule has 1 aliphatic carbocycles. The Bertz CT molecular complexity index is 174. The van der Waals surface area contributed by atoms with Gasteiger partial charge in [-0.2, -0.15) is 0 Å². The number of hydrogen-bond donors (Lipinski definition) is 2. The highest BCUT2D eigenvalue weighted by molar-refractivity contribution is 6.46. The zero-order chi connectivity index (χ0) is 7.61. The van der Waals surface area contributed by atoms with E-state index in [0.717, 1.165) is 0 Å². The highest BCUT2D eigenvalue weighted by Crippen LogP contribution is 2.35. The van der Waals surface area contributed by atoms with Crippen molar-refractivity contribution in [1.29, 1.82) is 0 Å². The molecule has 0 saturated heterocycles. The maximum absolute atomic E-state index is 8.91. The van der Waals surface area contributed by atoms with Crippen LogP contribution in [0.25, 0.3) is 0 Å². The van der Waals surface area contributed by atoms with Gasteiger partial charge in [0.15, 0.2) is 0 Å².